The van der Waals surface area contributed by atoms with E-state index in [0.717, 1.165) is 13.0 Å². The second-order valence-electron chi connectivity index (χ2n) is 5.56. The summed E-state index contributed by atoms with van der Waals surface area (Å²) in [4.78, 5) is 24.4. The fourth-order valence-corrected chi connectivity index (χ4v) is 2.62. The molecule has 0 aliphatic carbocycles. The number of nitrogens with zero attached hydrogens (tertiary/aromatic N) is 4. The van der Waals surface area contributed by atoms with Crippen molar-refractivity contribution in [2.45, 2.75) is 32.2 Å². The largest absolute Gasteiger partial charge is 0.471 e. The van der Waals surface area contributed by atoms with E-state index in [0.29, 0.717) is 18.7 Å². The Hall–Kier alpha value is -2.43. The quantitative estimate of drug-likeness (QED) is 0.824. The maximum Gasteiger partial charge on any atom is 0.405 e. The maximum atomic E-state index is 12.3. The van der Waals surface area contributed by atoms with Crippen molar-refractivity contribution in [3.05, 3.63) is 12.2 Å². The van der Waals surface area contributed by atoms with E-state index in [-0.39, 0.29) is 23.3 Å². The summed E-state index contributed by atoms with van der Waals surface area (Å²) in [6, 6.07) is 0. The summed E-state index contributed by atoms with van der Waals surface area (Å²) in [5.74, 6) is -0.863. The molecule has 3 heterocycles. The predicted octanol–water partition coefficient (Wildman–Crippen LogP) is 0.879. The highest BCUT2D eigenvalue weighted by Gasteiger charge is 2.30. The van der Waals surface area contributed by atoms with Gasteiger partial charge in [0.15, 0.2) is 11.2 Å². The molecule has 1 fully saturated rings. The lowest BCUT2D eigenvalue weighted by molar-refractivity contribution is -0.123. The predicted molar refractivity (Wildman–Crippen MR) is 81.3 cm³/mol. The van der Waals surface area contributed by atoms with E-state index < -0.39 is 18.6 Å². The topological polar surface area (TPSA) is 94.0 Å². The van der Waals surface area contributed by atoms with Crippen molar-refractivity contribution in [3.63, 3.8) is 0 Å². The SMILES string of the molecule is CCn1c(C(=O)NCC(F)(F)F)nc2c(O[C@H]3CCNC3)ncnc21. The number of halogens is 3. The smallest absolute Gasteiger partial charge is 0.405 e. The van der Waals surface area contributed by atoms with Gasteiger partial charge in [0.05, 0.1) is 0 Å². The number of aromatic nitrogens is 4. The second kappa shape index (κ2) is 6.82. The number of aryl methyl sites for hydroxylation is 1. The molecule has 1 aliphatic heterocycles. The van der Waals surface area contributed by atoms with Crippen LogP contribution in [0.5, 0.6) is 5.88 Å². The summed E-state index contributed by atoms with van der Waals surface area (Å²) in [5, 5.41) is 4.97. The number of ether oxygens (including phenoxy) is 1. The number of amides is 1. The van der Waals surface area contributed by atoms with Gasteiger partial charge in [-0.2, -0.15) is 18.2 Å². The van der Waals surface area contributed by atoms with Crippen LogP contribution in [0.4, 0.5) is 13.2 Å². The summed E-state index contributed by atoms with van der Waals surface area (Å²) >= 11 is 0. The molecule has 1 atom stereocenters. The number of carbonyl (C=O) groups is 1. The molecule has 0 radical (unpaired) electrons. The van der Waals surface area contributed by atoms with E-state index in [2.05, 4.69) is 20.3 Å². The van der Waals surface area contributed by atoms with E-state index in [1.54, 1.807) is 6.92 Å². The van der Waals surface area contributed by atoms with Crippen LogP contribution >= 0.6 is 0 Å². The minimum absolute atomic E-state index is 0.0765. The average molecular weight is 358 g/mol. The van der Waals surface area contributed by atoms with Crippen molar-refractivity contribution in [2.24, 2.45) is 0 Å². The zero-order chi connectivity index (χ0) is 18.0. The van der Waals surface area contributed by atoms with Crippen LogP contribution in [0.15, 0.2) is 6.33 Å². The third-order valence-corrected chi connectivity index (χ3v) is 3.76. The van der Waals surface area contributed by atoms with Crippen LogP contribution in [-0.2, 0) is 6.54 Å². The highest BCUT2D eigenvalue weighted by atomic mass is 19.4. The van der Waals surface area contributed by atoms with Crippen LogP contribution < -0.4 is 15.4 Å². The number of rotatable bonds is 5. The molecule has 3 rings (SSSR count). The van der Waals surface area contributed by atoms with Gasteiger partial charge in [0, 0.05) is 13.1 Å². The first-order chi connectivity index (χ1) is 11.9. The molecular formula is C14H17F3N6O2. The van der Waals surface area contributed by atoms with Crippen molar-refractivity contribution >= 4 is 17.1 Å². The molecule has 136 valence electrons. The van der Waals surface area contributed by atoms with Crippen LogP contribution in [0.2, 0.25) is 0 Å². The average Bonchev–Trinajstić information content (AvgIpc) is 3.19. The molecule has 1 saturated heterocycles. The number of carbonyl (C=O) groups excluding carboxylic acids is 1. The molecule has 2 N–H and O–H groups in total. The summed E-state index contributed by atoms with van der Waals surface area (Å²) in [5.41, 5.74) is 0.601. The Morgan fingerprint density at radius 1 is 1.48 bits per heavy atom. The number of hydrogen-bond donors (Lipinski definition) is 2. The van der Waals surface area contributed by atoms with E-state index >= 15 is 0 Å². The van der Waals surface area contributed by atoms with Gasteiger partial charge in [0.2, 0.25) is 11.7 Å². The Kier molecular flexibility index (Phi) is 4.75. The van der Waals surface area contributed by atoms with Crippen LogP contribution in [-0.4, -0.2) is 57.3 Å². The van der Waals surface area contributed by atoms with Gasteiger partial charge in [0.25, 0.3) is 5.91 Å². The van der Waals surface area contributed by atoms with Crippen LogP contribution in [0.3, 0.4) is 0 Å². The normalized spacial score (nSPS) is 17.8. The molecule has 25 heavy (non-hydrogen) atoms. The number of hydrogen-bond acceptors (Lipinski definition) is 6. The Bertz CT molecular complexity index is 770. The lowest BCUT2D eigenvalue weighted by atomic mass is 10.3. The lowest BCUT2D eigenvalue weighted by Crippen LogP contribution is -2.35. The van der Waals surface area contributed by atoms with Crippen molar-refractivity contribution in [1.29, 1.82) is 0 Å². The number of fused-ring (bicyclic) bond motifs is 1. The molecule has 0 aromatic carbocycles. The standard InChI is InChI=1S/C14H17F3N6O2/c1-2-23-10-9(22-11(23)12(24)19-6-14(15,16)17)13(21-7-20-10)25-8-3-4-18-5-8/h7-8,18H,2-6H2,1H3,(H,19,24)/t8-/m0/s1. The van der Waals surface area contributed by atoms with Crippen LogP contribution in [0, 0.1) is 0 Å². The zero-order valence-electron chi connectivity index (χ0n) is 13.4. The molecule has 1 amide bonds. The van der Waals surface area contributed by atoms with Gasteiger partial charge in [0.1, 0.15) is 19.0 Å². The number of nitrogens with one attached hydrogen (secondary N) is 2. The van der Waals surface area contributed by atoms with Gasteiger partial charge < -0.3 is 19.9 Å². The molecule has 0 unspecified atom stereocenters. The van der Waals surface area contributed by atoms with Crippen LogP contribution in [0.25, 0.3) is 11.2 Å². The maximum absolute atomic E-state index is 12.3. The minimum Gasteiger partial charge on any atom is -0.471 e. The molecule has 11 heteroatoms. The Labute approximate surface area is 140 Å². The zero-order valence-corrected chi connectivity index (χ0v) is 13.4. The third-order valence-electron chi connectivity index (χ3n) is 3.76. The molecular weight excluding hydrogens is 341 g/mol. The first-order valence-corrected chi connectivity index (χ1v) is 7.82. The Morgan fingerprint density at radius 3 is 2.92 bits per heavy atom. The summed E-state index contributed by atoms with van der Waals surface area (Å²) in [7, 11) is 0. The highest BCUT2D eigenvalue weighted by Crippen LogP contribution is 2.24. The number of alkyl halides is 3. The third kappa shape index (κ3) is 3.81. The molecule has 8 nitrogen and oxygen atoms in total. The molecule has 2 aromatic heterocycles. The summed E-state index contributed by atoms with van der Waals surface area (Å²) < 4.78 is 44.2. The van der Waals surface area contributed by atoms with Crippen LogP contribution in [0.1, 0.15) is 24.0 Å². The van der Waals surface area contributed by atoms with E-state index in [4.69, 9.17) is 4.74 Å². The molecule has 0 bridgehead atoms. The molecule has 1 aliphatic rings. The first-order valence-electron chi connectivity index (χ1n) is 7.82. The van der Waals surface area contributed by atoms with Crippen molar-refractivity contribution in [2.75, 3.05) is 19.6 Å². The number of imidazole rings is 1. The Morgan fingerprint density at radius 2 is 2.28 bits per heavy atom. The van der Waals surface area contributed by atoms with Gasteiger partial charge in [-0.15, -0.1) is 0 Å². The molecule has 0 spiro atoms. The molecule has 2 aromatic rings. The van der Waals surface area contributed by atoms with Gasteiger partial charge in [-0.25, -0.2) is 9.97 Å². The second-order valence-corrected chi connectivity index (χ2v) is 5.56. The van der Waals surface area contributed by atoms with Crippen molar-refractivity contribution < 1.29 is 22.7 Å². The van der Waals surface area contributed by atoms with E-state index in [9.17, 15) is 18.0 Å². The first kappa shape index (κ1) is 17.4. The van der Waals surface area contributed by atoms with E-state index in [1.807, 2.05) is 5.32 Å². The minimum atomic E-state index is -4.50. The van der Waals surface area contributed by atoms with E-state index in [1.165, 1.54) is 10.9 Å². The lowest BCUT2D eigenvalue weighted by Gasteiger charge is -2.11. The fraction of sp³-hybridized carbons (Fsp3) is 0.571. The Balaban J connectivity index is 1.92. The van der Waals surface area contributed by atoms with Gasteiger partial charge in [-0.1, -0.05) is 0 Å². The summed E-state index contributed by atoms with van der Waals surface area (Å²) in [6.45, 7) is 2.12. The summed E-state index contributed by atoms with van der Waals surface area (Å²) in [6.07, 6.45) is -2.49. The fourth-order valence-electron chi connectivity index (χ4n) is 2.62. The van der Waals surface area contributed by atoms with Crippen molar-refractivity contribution in [3.8, 4) is 5.88 Å². The monoisotopic (exact) mass is 358 g/mol. The highest BCUT2D eigenvalue weighted by molar-refractivity contribution is 5.94. The molecule has 0 saturated carbocycles. The van der Waals surface area contributed by atoms with Gasteiger partial charge in [-0.3, -0.25) is 4.79 Å². The van der Waals surface area contributed by atoms with Crippen molar-refractivity contribution in [1.82, 2.24) is 30.2 Å². The van der Waals surface area contributed by atoms with Gasteiger partial charge >= 0.3 is 6.18 Å². The van der Waals surface area contributed by atoms with Gasteiger partial charge in [-0.05, 0) is 19.9 Å².